The Kier molecular flexibility index (Phi) is 7.98. The van der Waals surface area contributed by atoms with Crippen LogP contribution in [0.3, 0.4) is 0 Å². The summed E-state index contributed by atoms with van der Waals surface area (Å²) in [5.41, 5.74) is 3.38. The second kappa shape index (κ2) is 10.5. The molecule has 0 aliphatic carbocycles. The third-order valence-electron chi connectivity index (χ3n) is 3.34. The van der Waals surface area contributed by atoms with E-state index in [9.17, 15) is 4.79 Å². The predicted octanol–water partition coefficient (Wildman–Crippen LogP) is 4.02. The van der Waals surface area contributed by atoms with E-state index in [4.69, 9.17) is 9.47 Å². The third kappa shape index (κ3) is 6.58. The molecule has 0 spiro atoms. The van der Waals surface area contributed by atoms with Gasteiger partial charge in [-0.1, -0.05) is 19.4 Å². The van der Waals surface area contributed by atoms with Crippen molar-refractivity contribution >= 4 is 23.5 Å². The van der Waals surface area contributed by atoms with Gasteiger partial charge >= 0.3 is 0 Å². The van der Waals surface area contributed by atoms with Crippen LogP contribution in [-0.4, -0.2) is 25.3 Å². The molecule has 0 aliphatic rings. The molecule has 1 aromatic heterocycles. The molecule has 5 nitrogen and oxygen atoms in total. The molecular weight excluding hydrogens is 336 g/mol. The molecule has 1 amide bonds. The summed E-state index contributed by atoms with van der Waals surface area (Å²) < 4.78 is 11.4. The highest BCUT2D eigenvalue weighted by Gasteiger charge is 2.06. The van der Waals surface area contributed by atoms with Gasteiger partial charge in [0.05, 0.1) is 25.8 Å². The molecule has 6 heteroatoms. The average Bonchev–Trinajstić information content (AvgIpc) is 3.10. The van der Waals surface area contributed by atoms with Gasteiger partial charge in [0.1, 0.15) is 0 Å². The number of thiophene rings is 1. The topological polar surface area (TPSA) is 59.9 Å². The third-order valence-corrected chi connectivity index (χ3v) is 4.22. The van der Waals surface area contributed by atoms with Gasteiger partial charge in [-0.05, 0) is 48.6 Å². The van der Waals surface area contributed by atoms with E-state index in [2.05, 4.69) is 17.5 Å². The number of carbonyl (C=O) groups is 1. The van der Waals surface area contributed by atoms with Crippen LogP contribution in [0.4, 0.5) is 0 Å². The van der Waals surface area contributed by atoms with Crippen molar-refractivity contribution < 1.29 is 14.3 Å². The maximum Gasteiger partial charge on any atom is 0.245 e. The fourth-order valence-corrected chi connectivity index (χ4v) is 2.81. The first-order chi connectivity index (χ1) is 12.2. The number of unbranched alkanes of at least 4 members (excludes halogenated alkanes) is 1. The summed E-state index contributed by atoms with van der Waals surface area (Å²) in [6, 6.07) is 9.48. The summed E-state index contributed by atoms with van der Waals surface area (Å²) in [5.74, 6) is 1.28. The van der Waals surface area contributed by atoms with Crippen molar-refractivity contribution in [3.8, 4) is 11.5 Å². The summed E-state index contributed by atoms with van der Waals surface area (Å²) in [6.45, 7) is 5.28. The molecule has 1 N–H and O–H groups in total. The lowest BCUT2D eigenvalue weighted by atomic mass is 10.2. The Morgan fingerprint density at radius 3 is 2.84 bits per heavy atom. The van der Waals surface area contributed by atoms with Crippen molar-refractivity contribution in [3.05, 3.63) is 46.2 Å². The van der Waals surface area contributed by atoms with E-state index in [0.717, 1.165) is 29.0 Å². The van der Waals surface area contributed by atoms with E-state index in [0.29, 0.717) is 25.4 Å². The highest BCUT2D eigenvalue weighted by molar-refractivity contribution is 7.10. The number of amides is 1. The Bertz CT molecular complexity index is 684. The largest absolute Gasteiger partial charge is 0.490 e. The lowest BCUT2D eigenvalue weighted by molar-refractivity contribution is -0.120. The van der Waals surface area contributed by atoms with Gasteiger partial charge in [-0.3, -0.25) is 4.79 Å². The number of ether oxygens (including phenoxy) is 2. The van der Waals surface area contributed by atoms with Crippen LogP contribution in [0.1, 0.15) is 37.1 Å². The molecule has 0 aliphatic heterocycles. The fourth-order valence-electron chi connectivity index (χ4n) is 2.11. The molecule has 0 atom stereocenters. The average molecular weight is 360 g/mol. The molecule has 0 bridgehead atoms. The van der Waals surface area contributed by atoms with Crippen molar-refractivity contribution in [2.24, 2.45) is 5.10 Å². The quantitative estimate of drug-likeness (QED) is 0.395. The molecule has 0 radical (unpaired) electrons. The number of hydrazone groups is 1. The van der Waals surface area contributed by atoms with Crippen LogP contribution in [-0.2, 0) is 11.2 Å². The maximum atomic E-state index is 11.8. The first kappa shape index (κ1) is 19.0. The molecule has 1 aromatic carbocycles. The molecule has 1 heterocycles. The number of hydrogen-bond acceptors (Lipinski definition) is 5. The Morgan fingerprint density at radius 2 is 2.12 bits per heavy atom. The van der Waals surface area contributed by atoms with Crippen LogP contribution in [0.15, 0.2) is 40.8 Å². The molecule has 0 saturated heterocycles. The zero-order valence-electron chi connectivity index (χ0n) is 14.7. The summed E-state index contributed by atoms with van der Waals surface area (Å²) in [6.07, 6.45) is 4.03. The van der Waals surface area contributed by atoms with Gasteiger partial charge in [0.2, 0.25) is 5.91 Å². The Morgan fingerprint density at radius 1 is 1.24 bits per heavy atom. The zero-order valence-corrected chi connectivity index (χ0v) is 15.5. The van der Waals surface area contributed by atoms with Gasteiger partial charge < -0.3 is 9.47 Å². The van der Waals surface area contributed by atoms with Crippen molar-refractivity contribution in [2.75, 3.05) is 13.2 Å². The minimum Gasteiger partial charge on any atom is -0.490 e. The zero-order chi connectivity index (χ0) is 17.9. The van der Waals surface area contributed by atoms with Crippen molar-refractivity contribution in [1.29, 1.82) is 0 Å². The minimum absolute atomic E-state index is 0.136. The van der Waals surface area contributed by atoms with E-state index < -0.39 is 0 Å². The van der Waals surface area contributed by atoms with Crippen molar-refractivity contribution in [1.82, 2.24) is 5.43 Å². The number of nitrogens with one attached hydrogen (secondary N) is 1. The molecule has 0 unspecified atom stereocenters. The van der Waals surface area contributed by atoms with Crippen LogP contribution in [0.5, 0.6) is 11.5 Å². The number of rotatable bonds is 10. The van der Waals surface area contributed by atoms with Gasteiger partial charge in [0.15, 0.2) is 11.5 Å². The smallest absolute Gasteiger partial charge is 0.245 e. The summed E-state index contributed by atoms with van der Waals surface area (Å²) in [5, 5.41) is 5.96. The summed E-state index contributed by atoms with van der Waals surface area (Å²) in [7, 11) is 0. The standard InChI is InChI=1S/C19H24N2O3S/c1-3-5-10-24-17-9-8-15(12-18(17)23-4-2)14-20-21-19(22)13-16-7-6-11-25-16/h6-9,11-12,14H,3-5,10,13H2,1-2H3,(H,21,22)/b20-14+. The highest BCUT2D eigenvalue weighted by Crippen LogP contribution is 2.28. The number of hydrogen-bond donors (Lipinski definition) is 1. The number of benzene rings is 1. The normalized spacial score (nSPS) is 10.8. The first-order valence-corrected chi connectivity index (χ1v) is 9.34. The molecule has 25 heavy (non-hydrogen) atoms. The lowest BCUT2D eigenvalue weighted by Crippen LogP contribution is -2.19. The van der Waals surface area contributed by atoms with Gasteiger partial charge in [-0.15, -0.1) is 11.3 Å². The van der Waals surface area contributed by atoms with Crippen LogP contribution >= 0.6 is 11.3 Å². The Hall–Kier alpha value is -2.34. The highest BCUT2D eigenvalue weighted by atomic mass is 32.1. The molecule has 2 aromatic rings. The van der Waals surface area contributed by atoms with Crippen molar-refractivity contribution in [3.63, 3.8) is 0 Å². The SMILES string of the molecule is CCCCOc1ccc(/C=N/NC(=O)Cc2cccs2)cc1OCC. The monoisotopic (exact) mass is 360 g/mol. The summed E-state index contributed by atoms with van der Waals surface area (Å²) in [4.78, 5) is 12.8. The number of nitrogens with zero attached hydrogens (tertiary/aromatic N) is 1. The van der Waals surface area contributed by atoms with Gasteiger partial charge in [-0.2, -0.15) is 5.10 Å². The van der Waals surface area contributed by atoms with Crippen molar-refractivity contribution in [2.45, 2.75) is 33.1 Å². The Labute approximate surface area is 152 Å². The molecular formula is C19H24N2O3S. The second-order valence-electron chi connectivity index (χ2n) is 5.39. The van der Waals surface area contributed by atoms with Gasteiger partial charge in [0, 0.05) is 4.88 Å². The molecule has 0 fully saturated rings. The van der Waals surface area contributed by atoms with E-state index in [1.807, 2.05) is 42.6 Å². The maximum absolute atomic E-state index is 11.8. The minimum atomic E-state index is -0.136. The first-order valence-electron chi connectivity index (χ1n) is 8.46. The van der Waals surface area contributed by atoms with E-state index >= 15 is 0 Å². The summed E-state index contributed by atoms with van der Waals surface area (Å²) >= 11 is 1.55. The number of carbonyl (C=O) groups excluding carboxylic acids is 1. The van der Waals surface area contributed by atoms with E-state index in [-0.39, 0.29) is 5.91 Å². The van der Waals surface area contributed by atoms with Crippen LogP contribution in [0.2, 0.25) is 0 Å². The predicted molar refractivity (Wildman–Crippen MR) is 102 cm³/mol. The van der Waals surface area contributed by atoms with Crippen LogP contribution in [0.25, 0.3) is 0 Å². The fraction of sp³-hybridized carbons (Fsp3) is 0.368. The van der Waals surface area contributed by atoms with Crippen LogP contribution in [0, 0.1) is 0 Å². The second-order valence-corrected chi connectivity index (χ2v) is 6.42. The molecule has 0 saturated carbocycles. The van der Waals surface area contributed by atoms with E-state index in [1.165, 1.54) is 0 Å². The van der Waals surface area contributed by atoms with Crippen LogP contribution < -0.4 is 14.9 Å². The lowest BCUT2D eigenvalue weighted by Gasteiger charge is -2.12. The van der Waals surface area contributed by atoms with Gasteiger partial charge in [-0.25, -0.2) is 5.43 Å². The van der Waals surface area contributed by atoms with Gasteiger partial charge in [0.25, 0.3) is 0 Å². The Balaban J connectivity index is 1.93. The molecule has 2 rings (SSSR count). The van der Waals surface area contributed by atoms with E-state index in [1.54, 1.807) is 17.6 Å². The molecule has 134 valence electrons.